The van der Waals surface area contributed by atoms with Gasteiger partial charge in [-0.1, -0.05) is 59.9 Å². The van der Waals surface area contributed by atoms with Gasteiger partial charge in [-0.15, -0.1) is 10.2 Å². The first kappa shape index (κ1) is 20.2. The molecular weight excluding hydrogens is 429 g/mol. The lowest BCUT2D eigenvalue weighted by molar-refractivity contribution is -0.113. The number of hydrogen-bond acceptors (Lipinski definition) is 5. The van der Waals surface area contributed by atoms with E-state index in [1.165, 1.54) is 30.8 Å². The molecule has 9 heteroatoms. The second kappa shape index (κ2) is 9.15. The normalized spacial score (nSPS) is 14.3. The minimum absolute atomic E-state index is 0.162. The lowest BCUT2D eigenvalue weighted by Crippen LogP contribution is -2.16. The van der Waals surface area contributed by atoms with E-state index in [-0.39, 0.29) is 11.7 Å². The monoisotopic (exact) mass is 447 g/mol. The van der Waals surface area contributed by atoms with Crippen molar-refractivity contribution in [3.63, 3.8) is 0 Å². The summed E-state index contributed by atoms with van der Waals surface area (Å²) in [4.78, 5) is 16.4. The number of nitrogens with one attached hydrogen (secondary N) is 1. The van der Waals surface area contributed by atoms with Crippen LogP contribution in [0, 0.1) is 0 Å². The zero-order valence-corrected chi connectivity index (χ0v) is 17.8. The molecule has 1 saturated carbocycles. The number of aromatic nitrogens is 4. The van der Waals surface area contributed by atoms with Crippen LogP contribution in [0.3, 0.4) is 0 Å². The zero-order chi connectivity index (χ0) is 20.2. The number of thioether (sulfide) groups is 1. The van der Waals surface area contributed by atoms with Crippen molar-refractivity contribution in [1.29, 1.82) is 0 Å². The third kappa shape index (κ3) is 4.74. The fourth-order valence-electron chi connectivity index (χ4n) is 3.45. The molecule has 4 rings (SSSR count). The molecule has 2 heterocycles. The SMILES string of the molecule is O=C(CSc1nnc(-c2ccccc2Cl)n1C1CCCC1)Nc1ccc(Cl)cn1. The molecule has 1 aromatic carbocycles. The van der Waals surface area contributed by atoms with E-state index in [0.717, 1.165) is 29.4 Å². The van der Waals surface area contributed by atoms with Crippen LogP contribution in [0.15, 0.2) is 47.8 Å². The summed E-state index contributed by atoms with van der Waals surface area (Å²) in [6, 6.07) is 11.3. The average molecular weight is 448 g/mol. The van der Waals surface area contributed by atoms with Crippen LogP contribution >= 0.6 is 35.0 Å². The first-order chi connectivity index (χ1) is 14.1. The highest BCUT2D eigenvalue weighted by molar-refractivity contribution is 7.99. The molecule has 1 amide bonds. The maximum Gasteiger partial charge on any atom is 0.236 e. The van der Waals surface area contributed by atoms with Gasteiger partial charge in [-0.3, -0.25) is 9.36 Å². The van der Waals surface area contributed by atoms with E-state index in [2.05, 4.69) is 25.1 Å². The molecule has 6 nitrogen and oxygen atoms in total. The highest BCUT2D eigenvalue weighted by atomic mass is 35.5. The molecule has 0 aliphatic heterocycles. The molecule has 0 radical (unpaired) electrons. The summed E-state index contributed by atoms with van der Waals surface area (Å²) in [6.45, 7) is 0. The van der Waals surface area contributed by atoms with Crippen molar-refractivity contribution in [2.24, 2.45) is 0 Å². The van der Waals surface area contributed by atoms with Crippen LogP contribution in [0.25, 0.3) is 11.4 Å². The van der Waals surface area contributed by atoms with E-state index in [4.69, 9.17) is 23.2 Å². The highest BCUT2D eigenvalue weighted by Crippen LogP contribution is 2.38. The lowest BCUT2D eigenvalue weighted by Gasteiger charge is -2.17. The van der Waals surface area contributed by atoms with E-state index < -0.39 is 0 Å². The van der Waals surface area contributed by atoms with E-state index in [9.17, 15) is 4.79 Å². The minimum Gasteiger partial charge on any atom is -0.310 e. The summed E-state index contributed by atoms with van der Waals surface area (Å²) in [6.07, 6.45) is 6.00. The molecule has 1 aliphatic rings. The number of rotatable bonds is 6. The van der Waals surface area contributed by atoms with Crippen LogP contribution in [0.2, 0.25) is 10.0 Å². The van der Waals surface area contributed by atoms with Crippen LogP contribution in [0.1, 0.15) is 31.7 Å². The second-order valence-corrected chi connectivity index (χ2v) is 8.58. The number of benzene rings is 1. The predicted octanol–water partition coefficient (Wildman–Crippen LogP) is 5.49. The van der Waals surface area contributed by atoms with Gasteiger partial charge in [0.25, 0.3) is 0 Å². The maximum atomic E-state index is 12.4. The molecular formula is C20H19Cl2N5OS. The Hall–Kier alpha value is -2.09. The molecule has 1 fully saturated rings. The smallest absolute Gasteiger partial charge is 0.236 e. The van der Waals surface area contributed by atoms with Crippen molar-refractivity contribution >= 4 is 46.7 Å². The summed E-state index contributed by atoms with van der Waals surface area (Å²) >= 11 is 13.6. The first-order valence-electron chi connectivity index (χ1n) is 9.36. The Morgan fingerprint density at radius 2 is 1.93 bits per heavy atom. The van der Waals surface area contributed by atoms with Gasteiger partial charge in [0.2, 0.25) is 5.91 Å². The van der Waals surface area contributed by atoms with Crippen LogP contribution in [0.5, 0.6) is 0 Å². The Morgan fingerprint density at radius 3 is 2.66 bits per heavy atom. The molecule has 1 N–H and O–H groups in total. The molecule has 1 aliphatic carbocycles. The van der Waals surface area contributed by atoms with Crippen LogP contribution in [-0.2, 0) is 4.79 Å². The van der Waals surface area contributed by atoms with Crippen molar-refractivity contribution < 1.29 is 4.79 Å². The average Bonchev–Trinajstić information content (AvgIpc) is 3.38. The molecule has 150 valence electrons. The first-order valence-corrected chi connectivity index (χ1v) is 11.1. The molecule has 0 bridgehead atoms. The lowest BCUT2D eigenvalue weighted by atomic mass is 10.2. The Morgan fingerprint density at radius 1 is 1.14 bits per heavy atom. The van der Waals surface area contributed by atoms with Crippen LogP contribution < -0.4 is 5.32 Å². The minimum atomic E-state index is -0.162. The summed E-state index contributed by atoms with van der Waals surface area (Å²) < 4.78 is 2.15. The van der Waals surface area contributed by atoms with Crippen LogP contribution in [-0.4, -0.2) is 31.4 Å². The van der Waals surface area contributed by atoms with Gasteiger partial charge < -0.3 is 5.32 Å². The van der Waals surface area contributed by atoms with E-state index in [1.54, 1.807) is 12.1 Å². The van der Waals surface area contributed by atoms with Gasteiger partial charge in [-0.2, -0.15) is 0 Å². The third-order valence-electron chi connectivity index (χ3n) is 4.80. The summed E-state index contributed by atoms with van der Waals surface area (Å²) in [5.41, 5.74) is 0.857. The van der Waals surface area contributed by atoms with Crippen molar-refractivity contribution in [3.05, 3.63) is 52.6 Å². The Labute approximate surface area is 183 Å². The van der Waals surface area contributed by atoms with Gasteiger partial charge in [0, 0.05) is 17.8 Å². The standard InChI is InChI=1S/C20H19Cl2N5OS/c21-13-9-10-17(23-11-13)24-18(28)12-29-20-26-25-19(15-7-3-4-8-16(15)22)27(20)14-5-1-2-6-14/h3-4,7-11,14H,1-2,5-6,12H2,(H,23,24,28). The number of carbonyl (C=O) groups excluding carboxylic acids is 1. The number of halogens is 2. The van der Waals surface area contributed by atoms with E-state index >= 15 is 0 Å². The fraction of sp³-hybridized carbons (Fsp3) is 0.300. The number of amides is 1. The zero-order valence-electron chi connectivity index (χ0n) is 15.5. The second-order valence-electron chi connectivity index (χ2n) is 6.79. The molecule has 29 heavy (non-hydrogen) atoms. The van der Waals surface area contributed by atoms with Gasteiger partial charge in [-0.25, -0.2) is 4.98 Å². The number of carbonyl (C=O) groups is 1. The Balaban J connectivity index is 1.53. The summed E-state index contributed by atoms with van der Waals surface area (Å²) in [5.74, 6) is 1.27. The van der Waals surface area contributed by atoms with Gasteiger partial charge in [0.1, 0.15) is 5.82 Å². The molecule has 0 spiro atoms. The Kier molecular flexibility index (Phi) is 6.37. The van der Waals surface area contributed by atoms with Gasteiger partial charge >= 0.3 is 0 Å². The number of nitrogens with zero attached hydrogens (tertiary/aromatic N) is 4. The highest BCUT2D eigenvalue weighted by Gasteiger charge is 2.26. The fourth-order valence-corrected chi connectivity index (χ4v) is 4.59. The number of pyridine rings is 1. The predicted molar refractivity (Wildman–Crippen MR) is 117 cm³/mol. The number of hydrogen-bond donors (Lipinski definition) is 1. The van der Waals surface area contributed by atoms with E-state index in [0.29, 0.717) is 21.9 Å². The van der Waals surface area contributed by atoms with Gasteiger partial charge in [0.05, 0.1) is 15.8 Å². The topological polar surface area (TPSA) is 72.7 Å². The van der Waals surface area contributed by atoms with Crippen molar-refractivity contribution in [1.82, 2.24) is 19.7 Å². The largest absolute Gasteiger partial charge is 0.310 e. The summed E-state index contributed by atoms with van der Waals surface area (Å²) in [5, 5.41) is 13.4. The van der Waals surface area contributed by atoms with Crippen LogP contribution in [0.4, 0.5) is 5.82 Å². The maximum absolute atomic E-state index is 12.4. The van der Waals surface area contributed by atoms with Crippen molar-refractivity contribution in [2.75, 3.05) is 11.1 Å². The molecule has 3 aromatic rings. The third-order valence-corrected chi connectivity index (χ3v) is 6.29. The van der Waals surface area contributed by atoms with Gasteiger partial charge in [0.15, 0.2) is 11.0 Å². The molecule has 0 unspecified atom stereocenters. The van der Waals surface area contributed by atoms with Crippen molar-refractivity contribution in [2.45, 2.75) is 36.9 Å². The van der Waals surface area contributed by atoms with E-state index in [1.807, 2.05) is 24.3 Å². The quantitative estimate of drug-likeness (QED) is 0.505. The molecule has 0 atom stereocenters. The Bertz CT molecular complexity index is 1000. The number of anilines is 1. The summed E-state index contributed by atoms with van der Waals surface area (Å²) in [7, 11) is 0. The van der Waals surface area contributed by atoms with Crippen molar-refractivity contribution in [3.8, 4) is 11.4 Å². The molecule has 0 saturated heterocycles. The van der Waals surface area contributed by atoms with Gasteiger partial charge in [-0.05, 0) is 37.1 Å². The molecule has 2 aromatic heterocycles.